The SMILES string of the molecule is C=CCC=C1CCCCCCC1. The number of allylic oxidation sites excluding steroid dienone is 3. The van der Waals surface area contributed by atoms with Crippen LogP contribution in [0, 0.1) is 0 Å². The maximum atomic E-state index is 3.74. The van der Waals surface area contributed by atoms with E-state index in [1.54, 1.807) is 5.57 Å². The predicted molar refractivity (Wildman–Crippen MR) is 55.2 cm³/mol. The highest BCUT2D eigenvalue weighted by Crippen LogP contribution is 2.21. The van der Waals surface area contributed by atoms with Crippen LogP contribution in [0.3, 0.4) is 0 Å². The smallest absolute Gasteiger partial charge is 0.0169 e. The highest BCUT2D eigenvalue weighted by atomic mass is 14.1. The number of hydrogen-bond acceptors (Lipinski definition) is 0. The maximum absolute atomic E-state index is 3.74. The van der Waals surface area contributed by atoms with Gasteiger partial charge >= 0.3 is 0 Å². The third kappa shape index (κ3) is 3.75. The van der Waals surface area contributed by atoms with Crippen molar-refractivity contribution in [1.29, 1.82) is 0 Å². The number of rotatable bonds is 2. The van der Waals surface area contributed by atoms with E-state index in [9.17, 15) is 0 Å². The highest BCUT2D eigenvalue weighted by molar-refractivity contribution is 5.04. The molecule has 0 aliphatic heterocycles. The van der Waals surface area contributed by atoms with E-state index in [-0.39, 0.29) is 0 Å². The van der Waals surface area contributed by atoms with Gasteiger partial charge in [0.25, 0.3) is 0 Å². The molecule has 0 saturated heterocycles. The van der Waals surface area contributed by atoms with Gasteiger partial charge in [-0.2, -0.15) is 0 Å². The van der Waals surface area contributed by atoms with Crippen LogP contribution >= 0.6 is 0 Å². The van der Waals surface area contributed by atoms with E-state index in [1.165, 1.54) is 44.9 Å². The summed E-state index contributed by atoms with van der Waals surface area (Å²) in [6, 6.07) is 0. The van der Waals surface area contributed by atoms with Crippen molar-refractivity contribution in [3.05, 3.63) is 24.3 Å². The van der Waals surface area contributed by atoms with Crippen molar-refractivity contribution in [3.63, 3.8) is 0 Å². The van der Waals surface area contributed by atoms with Gasteiger partial charge in [0.1, 0.15) is 0 Å². The van der Waals surface area contributed by atoms with E-state index in [1.807, 2.05) is 6.08 Å². The fourth-order valence-corrected chi connectivity index (χ4v) is 1.81. The molecule has 0 nitrogen and oxygen atoms in total. The van der Waals surface area contributed by atoms with Gasteiger partial charge in [-0.15, -0.1) is 6.58 Å². The lowest BCUT2D eigenvalue weighted by molar-refractivity contribution is 0.567. The topological polar surface area (TPSA) is 0 Å². The Morgan fingerprint density at radius 1 is 1.00 bits per heavy atom. The first-order chi connectivity index (χ1) is 5.93. The summed E-state index contributed by atoms with van der Waals surface area (Å²) in [5.41, 5.74) is 1.68. The molecule has 1 fully saturated rings. The second kappa shape index (κ2) is 6.05. The Bertz CT molecular complexity index is 143. The Hall–Kier alpha value is -0.520. The van der Waals surface area contributed by atoms with Crippen molar-refractivity contribution in [3.8, 4) is 0 Å². The zero-order chi connectivity index (χ0) is 8.65. The van der Waals surface area contributed by atoms with Crippen LogP contribution in [0.4, 0.5) is 0 Å². The predicted octanol–water partition coefficient (Wildman–Crippen LogP) is 4.23. The standard InChI is InChI=1S/C12H20/c1-2-3-9-12-10-7-5-4-6-8-11-12/h2,9H,1,3-8,10-11H2. The largest absolute Gasteiger partial charge is 0.103 e. The first-order valence-electron chi connectivity index (χ1n) is 5.22. The lowest BCUT2D eigenvalue weighted by Crippen LogP contribution is -1.91. The molecule has 1 rings (SSSR count). The van der Waals surface area contributed by atoms with E-state index in [0.717, 1.165) is 6.42 Å². The van der Waals surface area contributed by atoms with Crippen molar-refractivity contribution < 1.29 is 0 Å². The van der Waals surface area contributed by atoms with Gasteiger partial charge in [-0.1, -0.05) is 37.0 Å². The van der Waals surface area contributed by atoms with E-state index in [0.29, 0.717) is 0 Å². The summed E-state index contributed by atoms with van der Waals surface area (Å²) in [4.78, 5) is 0. The highest BCUT2D eigenvalue weighted by Gasteiger charge is 2.01. The molecule has 68 valence electrons. The molecule has 0 heterocycles. The Labute approximate surface area is 76.4 Å². The van der Waals surface area contributed by atoms with Crippen LogP contribution in [0.25, 0.3) is 0 Å². The van der Waals surface area contributed by atoms with Crippen molar-refractivity contribution in [2.24, 2.45) is 0 Å². The summed E-state index contributed by atoms with van der Waals surface area (Å²) in [7, 11) is 0. The van der Waals surface area contributed by atoms with Gasteiger partial charge in [0.15, 0.2) is 0 Å². The Balaban J connectivity index is 2.33. The molecule has 0 atom stereocenters. The summed E-state index contributed by atoms with van der Waals surface area (Å²) in [6.45, 7) is 3.74. The molecular weight excluding hydrogens is 144 g/mol. The molecule has 0 N–H and O–H groups in total. The van der Waals surface area contributed by atoms with Crippen LogP contribution in [0.2, 0.25) is 0 Å². The maximum Gasteiger partial charge on any atom is -0.0169 e. The molecule has 0 radical (unpaired) electrons. The molecule has 1 aliphatic carbocycles. The van der Waals surface area contributed by atoms with Gasteiger partial charge in [0.2, 0.25) is 0 Å². The van der Waals surface area contributed by atoms with Gasteiger partial charge in [-0.05, 0) is 32.1 Å². The summed E-state index contributed by atoms with van der Waals surface area (Å²) in [6.07, 6.45) is 15.2. The molecule has 0 heteroatoms. The summed E-state index contributed by atoms with van der Waals surface area (Å²) in [5.74, 6) is 0. The van der Waals surface area contributed by atoms with Gasteiger partial charge in [-0.25, -0.2) is 0 Å². The van der Waals surface area contributed by atoms with E-state index in [2.05, 4.69) is 12.7 Å². The lowest BCUT2D eigenvalue weighted by atomic mass is 9.95. The third-order valence-electron chi connectivity index (χ3n) is 2.57. The van der Waals surface area contributed by atoms with Crippen LogP contribution < -0.4 is 0 Å². The van der Waals surface area contributed by atoms with Crippen molar-refractivity contribution in [2.75, 3.05) is 0 Å². The van der Waals surface area contributed by atoms with Gasteiger partial charge in [-0.3, -0.25) is 0 Å². The molecule has 0 bridgehead atoms. The normalized spacial score (nSPS) is 19.5. The summed E-state index contributed by atoms with van der Waals surface area (Å²) in [5, 5.41) is 0. The monoisotopic (exact) mass is 164 g/mol. The number of hydrogen-bond donors (Lipinski definition) is 0. The Morgan fingerprint density at radius 2 is 1.58 bits per heavy atom. The fraction of sp³-hybridized carbons (Fsp3) is 0.667. The Morgan fingerprint density at radius 3 is 2.17 bits per heavy atom. The van der Waals surface area contributed by atoms with Crippen molar-refractivity contribution >= 4 is 0 Å². The van der Waals surface area contributed by atoms with Gasteiger partial charge < -0.3 is 0 Å². The average molecular weight is 164 g/mol. The second-order valence-electron chi connectivity index (χ2n) is 3.65. The van der Waals surface area contributed by atoms with Crippen LogP contribution in [-0.2, 0) is 0 Å². The van der Waals surface area contributed by atoms with Gasteiger partial charge in [0.05, 0.1) is 0 Å². The molecule has 0 spiro atoms. The third-order valence-corrected chi connectivity index (χ3v) is 2.57. The second-order valence-corrected chi connectivity index (χ2v) is 3.65. The quantitative estimate of drug-likeness (QED) is 0.536. The zero-order valence-corrected chi connectivity index (χ0v) is 8.02. The van der Waals surface area contributed by atoms with Gasteiger partial charge in [0, 0.05) is 0 Å². The molecule has 1 aliphatic rings. The first-order valence-corrected chi connectivity index (χ1v) is 5.22. The minimum absolute atomic E-state index is 1.06. The summed E-state index contributed by atoms with van der Waals surface area (Å²) >= 11 is 0. The van der Waals surface area contributed by atoms with E-state index >= 15 is 0 Å². The van der Waals surface area contributed by atoms with Crippen molar-refractivity contribution in [2.45, 2.75) is 51.4 Å². The molecule has 0 aromatic heterocycles. The molecule has 1 saturated carbocycles. The lowest BCUT2D eigenvalue weighted by Gasteiger charge is -2.11. The van der Waals surface area contributed by atoms with Crippen LogP contribution in [0.15, 0.2) is 24.3 Å². The van der Waals surface area contributed by atoms with Crippen LogP contribution in [-0.4, -0.2) is 0 Å². The minimum Gasteiger partial charge on any atom is -0.103 e. The van der Waals surface area contributed by atoms with Crippen LogP contribution in [0.1, 0.15) is 51.4 Å². The summed E-state index contributed by atoms with van der Waals surface area (Å²) < 4.78 is 0. The zero-order valence-electron chi connectivity index (χ0n) is 8.02. The molecule has 0 aromatic carbocycles. The van der Waals surface area contributed by atoms with Crippen molar-refractivity contribution in [1.82, 2.24) is 0 Å². The average Bonchev–Trinajstić information content (AvgIpc) is 2.02. The minimum atomic E-state index is 1.06. The molecule has 0 unspecified atom stereocenters. The van der Waals surface area contributed by atoms with E-state index < -0.39 is 0 Å². The van der Waals surface area contributed by atoms with Crippen LogP contribution in [0.5, 0.6) is 0 Å². The Kier molecular flexibility index (Phi) is 4.82. The molecule has 0 aromatic rings. The van der Waals surface area contributed by atoms with E-state index in [4.69, 9.17) is 0 Å². The first kappa shape index (κ1) is 9.57. The fourth-order valence-electron chi connectivity index (χ4n) is 1.81. The molecular formula is C12H20. The molecule has 12 heavy (non-hydrogen) atoms. The molecule has 0 amide bonds.